The van der Waals surface area contributed by atoms with Crippen LogP contribution < -0.4 is 11.1 Å². The van der Waals surface area contributed by atoms with Crippen molar-refractivity contribution in [3.05, 3.63) is 24.3 Å². The van der Waals surface area contributed by atoms with E-state index in [0.29, 0.717) is 18.1 Å². The predicted molar refractivity (Wildman–Crippen MR) is 66.5 cm³/mol. The molecule has 2 aromatic rings. The molecule has 7 heteroatoms. The zero-order valence-corrected chi connectivity index (χ0v) is 9.92. The average Bonchev–Trinajstić information content (AvgIpc) is 2.92. The van der Waals surface area contributed by atoms with E-state index in [2.05, 4.69) is 25.9 Å². The van der Waals surface area contributed by atoms with Crippen LogP contribution in [0.2, 0.25) is 0 Å². The first-order chi connectivity index (χ1) is 8.70. The summed E-state index contributed by atoms with van der Waals surface area (Å²) in [6, 6.07) is 7.20. The minimum Gasteiger partial charge on any atom is -0.330 e. The molecular weight excluding hydrogens is 232 g/mol. The number of amides is 1. The number of hydrogen-bond acceptors (Lipinski definition) is 5. The van der Waals surface area contributed by atoms with E-state index in [-0.39, 0.29) is 11.8 Å². The van der Waals surface area contributed by atoms with Gasteiger partial charge in [-0.25, -0.2) is 0 Å². The molecule has 1 aromatic carbocycles. The molecule has 0 aliphatic rings. The van der Waals surface area contributed by atoms with Crippen LogP contribution in [0.25, 0.3) is 11.4 Å². The molecule has 0 radical (unpaired) electrons. The Balaban J connectivity index is 2.06. The van der Waals surface area contributed by atoms with Gasteiger partial charge in [0, 0.05) is 23.7 Å². The van der Waals surface area contributed by atoms with Crippen LogP contribution in [0.4, 0.5) is 5.69 Å². The molecule has 0 aliphatic carbocycles. The molecular formula is C11H14N6O. The van der Waals surface area contributed by atoms with Gasteiger partial charge in [0.15, 0.2) is 0 Å². The van der Waals surface area contributed by atoms with Gasteiger partial charge in [0.05, 0.1) is 0 Å². The van der Waals surface area contributed by atoms with Crippen molar-refractivity contribution in [3.8, 4) is 11.4 Å². The smallest absolute Gasteiger partial charge is 0.228 e. The van der Waals surface area contributed by atoms with Crippen molar-refractivity contribution < 1.29 is 4.79 Å². The monoisotopic (exact) mass is 246 g/mol. The van der Waals surface area contributed by atoms with Gasteiger partial charge in [-0.3, -0.25) is 4.79 Å². The number of nitrogens with two attached hydrogens (primary N) is 1. The second kappa shape index (κ2) is 5.37. The number of benzene rings is 1. The number of hydrogen-bond donors (Lipinski definition) is 3. The van der Waals surface area contributed by atoms with E-state index in [1.54, 1.807) is 19.1 Å². The molecule has 7 nitrogen and oxygen atoms in total. The summed E-state index contributed by atoms with van der Waals surface area (Å²) in [5.41, 5.74) is 6.97. The third-order valence-corrected chi connectivity index (χ3v) is 2.56. The second-order valence-corrected chi connectivity index (χ2v) is 3.94. The van der Waals surface area contributed by atoms with Crippen LogP contribution in [0.5, 0.6) is 0 Å². The van der Waals surface area contributed by atoms with Gasteiger partial charge in [-0.15, -0.1) is 10.2 Å². The van der Waals surface area contributed by atoms with Crippen LogP contribution in [0.1, 0.15) is 6.92 Å². The molecule has 0 saturated heterocycles. The summed E-state index contributed by atoms with van der Waals surface area (Å²) in [6.45, 7) is 2.11. The Bertz CT molecular complexity index is 507. The van der Waals surface area contributed by atoms with Crippen LogP contribution >= 0.6 is 0 Å². The summed E-state index contributed by atoms with van der Waals surface area (Å²) >= 11 is 0. The summed E-state index contributed by atoms with van der Waals surface area (Å²) in [4.78, 5) is 11.6. The molecule has 1 aromatic heterocycles. The van der Waals surface area contributed by atoms with Crippen LogP contribution in [-0.4, -0.2) is 33.1 Å². The zero-order valence-electron chi connectivity index (χ0n) is 9.92. The van der Waals surface area contributed by atoms with Crippen molar-refractivity contribution in [2.45, 2.75) is 6.92 Å². The first-order valence-corrected chi connectivity index (χ1v) is 5.55. The maximum Gasteiger partial charge on any atom is 0.228 e. The Morgan fingerprint density at radius 3 is 2.72 bits per heavy atom. The highest BCUT2D eigenvalue weighted by atomic mass is 16.1. The molecule has 0 saturated carbocycles. The van der Waals surface area contributed by atoms with Crippen molar-refractivity contribution in [2.75, 3.05) is 11.9 Å². The Morgan fingerprint density at radius 1 is 1.44 bits per heavy atom. The molecule has 18 heavy (non-hydrogen) atoms. The topological polar surface area (TPSA) is 110 Å². The normalized spacial score (nSPS) is 12.1. The van der Waals surface area contributed by atoms with E-state index >= 15 is 0 Å². The highest BCUT2D eigenvalue weighted by molar-refractivity contribution is 5.92. The quantitative estimate of drug-likeness (QED) is 0.723. The minimum atomic E-state index is -0.207. The Kier molecular flexibility index (Phi) is 3.63. The SMILES string of the molecule is CC(CN)C(=O)Nc1ccc(-c2nn[nH]n2)cc1. The number of carbonyl (C=O) groups excluding carboxylic acids is 1. The number of carbonyl (C=O) groups is 1. The first-order valence-electron chi connectivity index (χ1n) is 5.55. The second-order valence-electron chi connectivity index (χ2n) is 3.94. The van der Waals surface area contributed by atoms with Crippen molar-refractivity contribution in [3.63, 3.8) is 0 Å². The Labute approximate surface area is 104 Å². The number of aromatic amines is 1. The van der Waals surface area contributed by atoms with Crippen molar-refractivity contribution in [1.29, 1.82) is 0 Å². The summed E-state index contributed by atoms with van der Waals surface area (Å²) in [6.07, 6.45) is 0. The number of tetrazole rings is 1. The molecule has 0 fully saturated rings. The van der Waals surface area contributed by atoms with E-state index in [9.17, 15) is 4.79 Å². The van der Waals surface area contributed by atoms with E-state index in [4.69, 9.17) is 5.73 Å². The highest BCUT2D eigenvalue weighted by Crippen LogP contribution is 2.17. The van der Waals surface area contributed by atoms with Gasteiger partial charge in [0.1, 0.15) is 0 Å². The molecule has 0 aliphatic heterocycles. The van der Waals surface area contributed by atoms with Crippen LogP contribution in [0.15, 0.2) is 24.3 Å². The minimum absolute atomic E-state index is 0.0928. The fourth-order valence-corrected chi connectivity index (χ4v) is 1.36. The molecule has 94 valence electrons. The van der Waals surface area contributed by atoms with Gasteiger partial charge in [0.2, 0.25) is 11.7 Å². The van der Waals surface area contributed by atoms with Gasteiger partial charge in [-0.1, -0.05) is 6.92 Å². The molecule has 1 amide bonds. The molecule has 1 heterocycles. The van der Waals surface area contributed by atoms with Crippen molar-refractivity contribution in [2.24, 2.45) is 11.7 Å². The van der Waals surface area contributed by atoms with Crippen LogP contribution in [-0.2, 0) is 4.79 Å². The zero-order chi connectivity index (χ0) is 13.0. The summed E-state index contributed by atoms with van der Waals surface area (Å²) < 4.78 is 0. The first kappa shape index (κ1) is 12.2. The van der Waals surface area contributed by atoms with Gasteiger partial charge in [-0.05, 0) is 29.5 Å². The lowest BCUT2D eigenvalue weighted by molar-refractivity contribution is -0.119. The maximum atomic E-state index is 11.6. The standard InChI is InChI=1S/C11H14N6O/c1-7(6-12)11(18)13-9-4-2-8(3-5-9)10-14-16-17-15-10/h2-5,7H,6,12H2,1H3,(H,13,18)(H,14,15,16,17). The third-order valence-electron chi connectivity index (χ3n) is 2.56. The van der Waals surface area contributed by atoms with Gasteiger partial charge < -0.3 is 11.1 Å². The lowest BCUT2D eigenvalue weighted by atomic mass is 10.1. The molecule has 1 unspecified atom stereocenters. The van der Waals surface area contributed by atoms with Gasteiger partial charge in [-0.2, -0.15) is 5.21 Å². The lowest BCUT2D eigenvalue weighted by Gasteiger charge is -2.09. The molecule has 4 N–H and O–H groups in total. The summed E-state index contributed by atoms with van der Waals surface area (Å²) in [7, 11) is 0. The number of aromatic nitrogens is 4. The number of nitrogens with one attached hydrogen (secondary N) is 2. The van der Waals surface area contributed by atoms with E-state index in [1.165, 1.54) is 0 Å². The van der Waals surface area contributed by atoms with Crippen LogP contribution in [0.3, 0.4) is 0 Å². The summed E-state index contributed by atoms with van der Waals surface area (Å²) in [5.74, 6) is 0.217. The maximum absolute atomic E-state index is 11.6. The molecule has 1 atom stereocenters. The van der Waals surface area contributed by atoms with E-state index < -0.39 is 0 Å². The van der Waals surface area contributed by atoms with Gasteiger partial charge >= 0.3 is 0 Å². The average molecular weight is 246 g/mol. The van der Waals surface area contributed by atoms with Gasteiger partial charge in [0.25, 0.3) is 0 Å². The van der Waals surface area contributed by atoms with E-state index in [1.807, 2.05) is 12.1 Å². The predicted octanol–water partition coefficient (Wildman–Crippen LogP) is 0.400. The van der Waals surface area contributed by atoms with Crippen molar-refractivity contribution >= 4 is 11.6 Å². The largest absolute Gasteiger partial charge is 0.330 e. The molecule has 2 rings (SSSR count). The Hall–Kier alpha value is -2.28. The fourth-order valence-electron chi connectivity index (χ4n) is 1.36. The fraction of sp³-hybridized carbons (Fsp3) is 0.273. The number of H-pyrrole nitrogens is 1. The highest BCUT2D eigenvalue weighted by Gasteiger charge is 2.10. The number of anilines is 1. The number of nitrogens with zero attached hydrogens (tertiary/aromatic N) is 3. The van der Waals surface area contributed by atoms with Crippen molar-refractivity contribution in [1.82, 2.24) is 20.6 Å². The lowest BCUT2D eigenvalue weighted by Crippen LogP contribution is -2.26. The molecule has 0 spiro atoms. The van der Waals surface area contributed by atoms with E-state index in [0.717, 1.165) is 5.56 Å². The molecule has 0 bridgehead atoms. The summed E-state index contributed by atoms with van der Waals surface area (Å²) in [5, 5.41) is 16.4. The van der Waals surface area contributed by atoms with Crippen LogP contribution in [0, 0.1) is 5.92 Å². The number of rotatable bonds is 4. The third kappa shape index (κ3) is 2.69. The Morgan fingerprint density at radius 2 is 2.17 bits per heavy atom.